The van der Waals surface area contributed by atoms with E-state index < -0.39 is 0 Å². The van der Waals surface area contributed by atoms with Gasteiger partial charge in [-0.2, -0.15) is 5.10 Å². The molecule has 0 atom stereocenters. The standard InChI is InChI=1S/C14H10N4O2/c19-18(20)10-4-3-8-1-2-9-6-15-14-12(7-16-17-14)13(9)11(8)5-10/h3-7H,1-2H2,(H,15,16,17). The molecule has 0 saturated heterocycles. The number of nitrogens with one attached hydrogen (secondary N) is 1. The average molecular weight is 266 g/mol. The number of aryl methyl sites for hydroxylation is 2. The molecular formula is C14H10N4O2. The lowest BCUT2D eigenvalue weighted by molar-refractivity contribution is -0.384. The Kier molecular flexibility index (Phi) is 2.14. The van der Waals surface area contributed by atoms with Crippen LogP contribution in [0.1, 0.15) is 11.1 Å². The summed E-state index contributed by atoms with van der Waals surface area (Å²) in [6, 6.07) is 5.07. The van der Waals surface area contributed by atoms with E-state index in [4.69, 9.17) is 0 Å². The van der Waals surface area contributed by atoms with Crippen molar-refractivity contribution in [2.45, 2.75) is 12.8 Å². The molecule has 0 amide bonds. The van der Waals surface area contributed by atoms with Crippen molar-refractivity contribution in [1.29, 1.82) is 0 Å². The van der Waals surface area contributed by atoms with Gasteiger partial charge in [0.25, 0.3) is 5.69 Å². The van der Waals surface area contributed by atoms with E-state index in [2.05, 4.69) is 15.2 Å². The number of H-pyrrole nitrogens is 1. The Balaban J connectivity index is 2.07. The Bertz CT molecular complexity index is 854. The molecule has 2 aromatic heterocycles. The number of nitro benzene ring substituents is 1. The van der Waals surface area contributed by atoms with E-state index in [9.17, 15) is 10.1 Å². The lowest BCUT2D eigenvalue weighted by Gasteiger charge is -2.19. The van der Waals surface area contributed by atoms with Crippen molar-refractivity contribution in [3.8, 4) is 11.1 Å². The van der Waals surface area contributed by atoms with Crippen LogP contribution in [0.15, 0.2) is 30.6 Å². The molecule has 2 heterocycles. The van der Waals surface area contributed by atoms with Crippen LogP contribution in [0.4, 0.5) is 5.69 Å². The van der Waals surface area contributed by atoms with Crippen LogP contribution >= 0.6 is 0 Å². The normalized spacial score (nSPS) is 13.0. The van der Waals surface area contributed by atoms with E-state index in [1.807, 2.05) is 12.3 Å². The van der Waals surface area contributed by atoms with Crippen LogP contribution in [-0.4, -0.2) is 20.1 Å². The number of nitro groups is 1. The highest BCUT2D eigenvalue weighted by atomic mass is 16.6. The van der Waals surface area contributed by atoms with E-state index in [0.717, 1.165) is 40.5 Å². The van der Waals surface area contributed by atoms with Crippen LogP contribution in [0.2, 0.25) is 0 Å². The number of hydrogen-bond acceptors (Lipinski definition) is 4. The van der Waals surface area contributed by atoms with Gasteiger partial charge in [0.2, 0.25) is 0 Å². The molecule has 0 unspecified atom stereocenters. The summed E-state index contributed by atoms with van der Waals surface area (Å²) in [7, 11) is 0. The number of non-ortho nitro benzene ring substituents is 1. The quantitative estimate of drug-likeness (QED) is 0.542. The first-order valence-electron chi connectivity index (χ1n) is 6.32. The van der Waals surface area contributed by atoms with Gasteiger partial charge >= 0.3 is 0 Å². The van der Waals surface area contributed by atoms with Crippen molar-refractivity contribution in [3.63, 3.8) is 0 Å². The van der Waals surface area contributed by atoms with Crippen LogP contribution < -0.4 is 0 Å². The Morgan fingerprint density at radius 3 is 2.90 bits per heavy atom. The summed E-state index contributed by atoms with van der Waals surface area (Å²) in [5, 5.41) is 18.8. The van der Waals surface area contributed by atoms with E-state index in [-0.39, 0.29) is 10.6 Å². The minimum absolute atomic E-state index is 0.116. The van der Waals surface area contributed by atoms with Gasteiger partial charge in [-0.25, -0.2) is 4.98 Å². The van der Waals surface area contributed by atoms with Crippen molar-refractivity contribution >= 4 is 16.7 Å². The summed E-state index contributed by atoms with van der Waals surface area (Å²) in [6.45, 7) is 0. The van der Waals surface area contributed by atoms with E-state index in [0.29, 0.717) is 5.65 Å². The summed E-state index contributed by atoms with van der Waals surface area (Å²) in [5.74, 6) is 0. The van der Waals surface area contributed by atoms with E-state index >= 15 is 0 Å². The first-order valence-corrected chi connectivity index (χ1v) is 6.32. The van der Waals surface area contributed by atoms with Crippen LogP contribution in [0.25, 0.3) is 22.2 Å². The van der Waals surface area contributed by atoms with Crippen molar-refractivity contribution < 1.29 is 4.92 Å². The molecule has 0 bridgehead atoms. The highest BCUT2D eigenvalue weighted by molar-refractivity contribution is 5.96. The summed E-state index contributed by atoms with van der Waals surface area (Å²) >= 11 is 0. The van der Waals surface area contributed by atoms with Gasteiger partial charge in [0, 0.05) is 23.7 Å². The zero-order chi connectivity index (χ0) is 13.7. The lowest BCUT2D eigenvalue weighted by Crippen LogP contribution is -2.05. The zero-order valence-corrected chi connectivity index (χ0v) is 10.5. The average Bonchev–Trinajstić information content (AvgIpc) is 2.94. The van der Waals surface area contributed by atoms with Crippen LogP contribution in [0.5, 0.6) is 0 Å². The highest BCUT2D eigenvalue weighted by Gasteiger charge is 2.22. The molecule has 4 rings (SSSR count). The fourth-order valence-corrected chi connectivity index (χ4v) is 2.85. The first-order chi connectivity index (χ1) is 9.74. The number of fused-ring (bicyclic) bond motifs is 5. The van der Waals surface area contributed by atoms with Crippen LogP contribution in [0.3, 0.4) is 0 Å². The number of hydrogen-bond donors (Lipinski definition) is 1. The molecule has 0 radical (unpaired) electrons. The van der Waals surface area contributed by atoms with Crippen molar-refractivity contribution in [2.75, 3.05) is 0 Å². The molecule has 98 valence electrons. The smallest absolute Gasteiger partial charge is 0.261 e. The molecule has 1 N–H and O–H groups in total. The predicted molar refractivity (Wildman–Crippen MR) is 73.4 cm³/mol. The molecule has 0 saturated carbocycles. The number of nitrogens with zero attached hydrogens (tertiary/aromatic N) is 3. The minimum atomic E-state index is -0.359. The molecule has 6 nitrogen and oxygen atoms in total. The van der Waals surface area contributed by atoms with Gasteiger partial charge in [-0.15, -0.1) is 0 Å². The molecule has 3 aromatic rings. The second-order valence-electron chi connectivity index (χ2n) is 4.89. The molecule has 1 aliphatic carbocycles. The van der Waals surface area contributed by atoms with Gasteiger partial charge in [0.1, 0.15) is 0 Å². The summed E-state index contributed by atoms with van der Waals surface area (Å²) in [6.07, 6.45) is 5.34. The maximum absolute atomic E-state index is 11.0. The van der Waals surface area contributed by atoms with Crippen LogP contribution in [-0.2, 0) is 12.8 Å². The van der Waals surface area contributed by atoms with Gasteiger partial charge in [-0.1, -0.05) is 6.07 Å². The van der Waals surface area contributed by atoms with Crippen LogP contribution in [0, 0.1) is 10.1 Å². The monoisotopic (exact) mass is 266 g/mol. The SMILES string of the molecule is O=[N+]([O-])c1ccc2c(c1)-c1c(cnc3[nH]ncc13)CC2. The van der Waals surface area contributed by atoms with Crippen molar-refractivity contribution in [1.82, 2.24) is 15.2 Å². The number of aromatic amines is 1. The topological polar surface area (TPSA) is 84.7 Å². The van der Waals surface area contributed by atoms with E-state index in [1.54, 1.807) is 18.3 Å². The maximum atomic E-state index is 11.0. The number of rotatable bonds is 1. The molecule has 1 aliphatic rings. The minimum Gasteiger partial charge on any atom is -0.261 e. The Labute approximate surface area is 113 Å². The molecule has 0 fully saturated rings. The maximum Gasteiger partial charge on any atom is 0.270 e. The largest absolute Gasteiger partial charge is 0.270 e. The second kappa shape index (κ2) is 3.86. The molecule has 20 heavy (non-hydrogen) atoms. The Morgan fingerprint density at radius 1 is 1.20 bits per heavy atom. The fraction of sp³-hybridized carbons (Fsp3) is 0.143. The second-order valence-corrected chi connectivity index (χ2v) is 4.89. The summed E-state index contributed by atoms with van der Waals surface area (Å²) in [4.78, 5) is 15.0. The Hall–Kier alpha value is -2.76. The van der Waals surface area contributed by atoms with Crippen molar-refractivity contribution in [3.05, 3.63) is 51.8 Å². The zero-order valence-electron chi connectivity index (χ0n) is 10.5. The predicted octanol–water partition coefficient (Wildman–Crippen LogP) is 2.63. The van der Waals surface area contributed by atoms with Gasteiger partial charge < -0.3 is 0 Å². The molecular weight excluding hydrogens is 256 g/mol. The first kappa shape index (κ1) is 11.1. The number of pyridine rings is 1. The van der Waals surface area contributed by atoms with Gasteiger partial charge in [0.15, 0.2) is 5.65 Å². The number of aromatic nitrogens is 3. The lowest BCUT2D eigenvalue weighted by atomic mass is 9.85. The third kappa shape index (κ3) is 1.45. The Morgan fingerprint density at radius 2 is 2.05 bits per heavy atom. The molecule has 6 heteroatoms. The highest BCUT2D eigenvalue weighted by Crippen LogP contribution is 2.38. The number of benzene rings is 1. The third-order valence-corrected chi connectivity index (χ3v) is 3.80. The molecule has 1 aromatic carbocycles. The summed E-state index contributed by atoms with van der Waals surface area (Å²) < 4.78 is 0. The molecule has 0 spiro atoms. The van der Waals surface area contributed by atoms with Gasteiger partial charge in [-0.3, -0.25) is 15.2 Å². The van der Waals surface area contributed by atoms with E-state index in [1.165, 1.54) is 0 Å². The van der Waals surface area contributed by atoms with Crippen molar-refractivity contribution in [2.24, 2.45) is 0 Å². The van der Waals surface area contributed by atoms with Gasteiger partial charge in [0.05, 0.1) is 11.1 Å². The third-order valence-electron chi connectivity index (χ3n) is 3.80. The summed E-state index contributed by atoms with van der Waals surface area (Å²) in [5.41, 5.74) is 5.03. The van der Waals surface area contributed by atoms with Gasteiger partial charge in [-0.05, 0) is 35.1 Å². The fourth-order valence-electron chi connectivity index (χ4n) is 2.85. The molecule has 0 aliphatic heterocycles.